The Morgan fingerprint density at radius 3 is 3.18 bits per heavy atom. The van der Waals surface area contributed by atoms with Crippen molar-refractivity contribution in [1.82, 2.24) is 30.1 Å². The maximum atomic E-state index is 12.6. The first-order valence-corrected chi connectivity index (χ1v) is 7.53. The summed E-state index contributed by atoms with van der Waals surface area (Å²) in [6, 6.07) is -0.0113. The highest BCUT2D eigenvalue weighted by molar-refractivity contribution is 6.34. The van der Waals surface area contributed by atoms with E-state index in [-0.39, 0.29) is 23.7 Å². The lowest BCUT2D eigenvalue weighted by atomic mass is 10.00. The quantitative estimate of drug-likeness (QED) is 0.844. The van der Waals surface area contributed by atoms with Gasteiger partial charge in [0, 0.05) is 13.1 Å². The fourth-order valence-electron chi connectivity index (χ4n) is 3.07. The van der Waals surface area contributed by atoms with E-state index in [2.05, 4.69) is 20.5 Å². The smallest absolute Gasteiger partial charge is 0.275 e. The molecule has 2 aromatic rings. The van der Waals surface area contributed by atoms with Gasteiger partial charge in [-0.1, -0.05) is 16.8 Å². The van der Waals surface area contributed by atoms with E-state index in [4.69, 9.17) is 16.3 Å². The Balaban J connectivity index is 1.59. The molecule has 0 aromatic carbocycles. The van der Waals surface area contributed by atoms with Gasteiger partial charge in [0.2, 0.25) is 0 Å². The number of likely N-dealkylation sites (tertiary alicyclic amines) is 1. The van der Waals surface area contributed by atoms with Crippen LogP contribution >= 0.6 is 11.6 Å². The van der Waals surface area contributed by atoms with Crippen LogP contribution in [0.1, 0.15) is 34.3 Å². The highest BCUT2D eigenvalue weighted by Crippen LogP contribution is 2.31. The van der Waals surface area contributed by atoms with Gasteiger partial charge in [0.1, 0.15) is 0 Å². The molecule has 1 fully saturated rings. The van der Waals surface area contributed by atoms with Crippen LogP contribution in [-0.2, 0) is 11.3 Å². The molecule has 2 atom stereocenters. The van der Waals surface area contributed by atoms with E-state index in [0.717, 1.165) is 12.1 Å². The summed E-state index contributed by atoms with van der Waals surface area (Å²) in [5.74, 6) is -0.167. The van der Waals surface area contributed by atoms with Crippen molar-refractivity contribution in [2.45, 2.75) is 32.1 Å². The van der Waals surface area contributed by atoms with Crippen LogP contribution in [0.4, 0.5) is 0 Å². The summed E-state index contributed by atoms with van der Waals surface area (Å²) in [6.45, 7) is 3.44. The third-order valence-corrected chi connectivity index (χ3v) is 4.75. The first kappa shape index (κ1) is 13.7. The SMILES string of the molecule is Cc1[nH]nc(C(=O)N2CCC3OCc4cnnn4C3C2)c1Cl. The number of halogens is 1. The second-order valence-corrected chi connectivity index (χ2v) is 6.02. The Morgan fingerprint density at radius 2 is 2.41 bits per heavy atom. The van der Waals surface area contributed by atoms with Gasteiger partial charge in [-0.3, -0.25) is 9.89 Å². The number of hydrogen-bond acceptors (Lipinski definition) is 5. The molecule has 2 aromatic heterocycles. The number of hydrogen-bond donors (Lipinski definition) is 1. The minimum absolute atomic E-state index is 0.0113. The number of ether oxygens (including phenoxy) is 1. The zero-order valence-electron chi connectivity index (χ0n) is 12.0. The van der Waals surface area contributed by atoms with E-state index in [0.29, 0.717) is 30.4 Å². The molecule has 2 aliphatic rings. The molecule has 116 valence electrons. The molecule has 4 rings (SSSR count). The molecule has 4 heterocycles. The van der Waals surface area contributed by atoms with Crippen LogP contribution in [-0.4, -0.2) is 55.2 Å². The number of fused-ring (bicyclic) bond motifs is 3. The summed E-state index contributed by atoms with van der Waals surface area (Å²) in [5, 5.41) is 15.2. The van der Waals surface area contributed by atoms with Crippen molar-refractivity contribution in [3.05, 3.63) is 28.3 Å². The number of piperidine rings is 1. The van der Waals surface area contributed by atoms with Crippen LogP contribution in [0.3, 0.4) is 0 Å². The molecule has 1 N–H and O–H groups in total. The third-order valence-electron chi connectivity index (χ3n) is 4.29. The van der Waals surface area contributed by atoms with Crippen LogP contribution < -0.4 is 0 Å². The number of rotatable bonds is 1. The van der Waals surface area contributed by atoms with Gasteiger partial charge in [0.15, 0.2) is 5.69 Å². The zero-order chi connectivity index (χ0) is 15.3. The summed E-state index contributed by atoms with van der Waals surface area (Å²) < 4.78 is 7.71. The molecule has 0 spiro atoms. The molecule has 0 saturated carbocycles. The molecule has 1 saturated heterocycles. The van der Waals surface area contributed by atoms with Gasteiger partial charge < -0.3 is 9.64 Å². The Labute approximate surface area is 131 Å². The maximum absolute atomic E-state index is 12.6. The molecule has 22 heavy (non-hydrogen) atoms. The fraction of sp³-hybridized carbons (Fsp3) is 0.538. The van der Waals surface area contributed by atoms with Gasteiger partial charge >= 0.3 is 0 Å². The standard InChI is InChI=1S/C13H15ClN6O2/c1-7-11(14)12(17-16-7)13(21)19-3-2-10-9(5-19)20-8(6-22-10)4-15-18-20/h4,9-10H,2-3,5-6H2,1H3,(H,16,17). The number of amides is 1. The first-order valence-electron chi connectivity index (χ1n) is 7.15. The maximum Gasteiger partial charge on any atom is 0.275 e. The lowest BCUT2D eigenvalue weighted by molar-refractivity contribution is -0.0605. The number of carbonyl (C=O) groups is 1. The van der Waals surface area contributed by atoms with E-state index >= 15 is 0 Å². The van der Waals surface area contributed by atoms with Gasteiger partial charge in [-0.05, 0) is 13.3 Å². The third kappa shape index (κ3) is 2.02. The van der Waals surface area contributed by atoms with Crippen LogP contribution in [0.5, 0.6) is 0 Å². The second kappa shape index (κ2) is 5.06. The summed E-state index contributed by atoms with van der Waals surface area (Å²) in [4.78, 5) is 14.4. The van der Waals surface area contributed by atoms with Crippen molar-refractivity contribution in [2.75, 3.05) is 13.1 Å². The number of carbonyl (C=O) groups excluding carboxylic acids is 1. The van der Waals surface area contributed by atoms with Crippen LogP contribution in [0.2, 0.25) is 5.02 Å². The average Bonchev–Trinajstić information content (AvgIpc) is 3.14. The van der Waals surface area contributed by atoms with Crippen molar-refractivity contribution < 1.29 is 9.53 Å². The number of aryl methyl sites for hydroxylation is 1. The molecule has 2 unspecified atom stereocenters. The molecule has 0 bridgehead atoms. The van der Waals surface area contributed by atoms with E-state index < -0.39 is 0 Å². The number of aromatic nitrogens is 5. The summed E-state index contributed by atoms with van der Waals surface area (Å²) in [5.41, 5.74) is 1.90. The van der Waals surface area contributed by atoms with Crippen LogP contribution in [0.15, 0.2) is 6.20 Å². The predicted molar refractivity (Wildman–Crippen MR) is 76.5 cm³/mol. The average molecular weight is 323 g/mol. The van der Waals surface area contributed by atoms with E-state index in [1.165, 1.54) is 0 Å². The van der Waals surface area contributed by atoms with E-state index in [1.807, 2.05) is 4.68 Å². The summed E-state index contributed by atoms with van der Waals surface area (Å²) in [6.07, 6.45) is 2.52. The first-order chi connectivity index (χ1) is 10.6. The second-order valence-electron chi connectivity index (χ2n) is 5.64. The summed E-state index contributed by atoms with van der Waals surface area (Å²) >= 11 is 6.13. The topological polar surface area (TPSA) is 88.9 Å². The summed E-state index contributed by atoms with van der Waals surface area (Å²) in [7, 11) is 0. The Hall–Kier alpha value is -1.93. The van der Waals surface area contributed by atoms with Gasteiger partial charge in [0.25, 0.3) is 5.91 Å². The molecule has 9 heteroatoms. The van der Waals surface area contributed by atoms with Crippen LogP contribution in [0, 0.1) is 6.92 Å². The van der Waals surface area contributed by atoms with Gasteiger partial charge in [-0.15, -0.1) is 5.10 Å². The van der Waals surface area contributed by atoms with E-state index in [9.17, 15) is 4.79 Å². The number of aromatic amines is 1. The highest BCUT2D eigenvalue weighted by atomic mass is 35.5. The normalized spacial score (nSPS) is 24.0. The van der Waals surface area contributed by atoms with Crippen molar-refractivity contribution >= 4 is 17.5 Å². The molecule has 1 amide bonds. The van der Waals surface area contributed by atoms with Gasteiger partial charge in [0.05, 0.1) is 41.4 Å². The lowest BCUT2D eigenvalue weighted by Gasteiger charge is -2.40. The zero-order valence-corrected chi connectivity index (χ0v) is 12.7. The Morgan fingerprint density at radius 1 is 1.55 bits per heavy atom. The minimum atomic E-state index is -0.167. The molecular formula is C13H15ClN6O2. The van der Waals surface area contributed by atoms with Gasteiger partial charge in [-0.2, -0.15) is 5.10 Å². The lowest BCUT2D eigenvalue weighted by Crippen LogP contribution is -2.50. The van der Waals surface area contributed by atoms with Gasteiger partial charge in [-0.25, -0.2) is 4.68 Å². The van der Waals surface area contributed by atoms with Crippen molar-refractivity contribution in [3.8, 4) is 0 Å². The van der Waals surface area contributed by atoms with Crippen molar-refractivity contribution in [1.29, 1.82) is 0 Å². The monoisotopic (exact) mass is 322 g/mol. The molecule has 2 aliphatic heterocycles. The fourth-order valence-corrected chi connectivity index (χ4v) is 3.24. The molecule has 0 radical (unpaired) electrons. The Kier molecular flexibility index (Phi) is 3.16. The Bertz CT molecular complexity index is 726. The predicted octanol–water partition coefficient (Wildman–Crippen LogP) is 0.949. The number of nitrogens with zero attached hydrogens (tertiary/aromatic N) is 5. The number of H-pyrrole nitrogens is 1. The van der Waals surface area contributed by atoms with Crippen LogP contribution in [0.25, 0.3) is 0 Å². The van der Waals surface area contributed by atoms with E-state index in [1.54, 1.807) is 18.0 Å². The molecule has 8 nitrogen and oxygen atoms in total. The number of nitrogens with one attached hydrogen (secondary N) is 1. The largest absolute Gasteiger partial charge is 0.370 e. The molecule has 0 aliphatic carbocycles. The van der Waals surface area contributed by atoms with Crippen molar-refractivity contribution in [2.24, 2.45) is 0 Å². The highest BCUT2D eigenvalue weighted by Gasteiger charge is 2.38. The molecular weight excluding hydrogens is 308 g/mol. The van der Waals surface area contributed by atoms with Crippen molar-refractivity contribution in [3.63, 3.8) is 0 Å². The minimum Gasteiger partial charge on any atom is -0.370 e.